The Hall–Kier alpha value is -1.50. The van der Waals surface area contributed by atoms with Crippen LogP contribution in [0.25, 0.3) is 5.65 Å². The van der Waals surface area contributed by atoms with Crippen molar-refractivity contribution < 1.29 is 0 Å². The van der Waals surface area contributed by atoms with Gasteiger partial charge in [-0.3, -0.25) is 9.72 Å². The van der Waals surface area contributed by atoms with E-state index in [0.29, 0.717) is 11.4 Å². The molecule has 1 atom stereocenters. The SMILES string of the molecule is CC(C)(C)[C@H](NCn1nc2ccccn2c1=S)c1cccs1. The lowest BCUT2D eigenvalue weighted by Gasteiger charge is -2.30. The molecule has 0 bridgehead atoms. The average molecular weight is 332 g/mol. The Bertz CT molecular complexity index is 809. The molecule has 116 valence electrons. The van der Waals surface area contributed by atoms with E-state index in [9.17, 15) is 0 Å². The second-order valence-corrected chi connectivity index (χ2v) is 7.73. The summed E-state index contributed by atoms with van der Waals surface area (Å²) in [6.07, 6.45) is 1.95. The normalized spacial score (nSPS) is 13.6. The Balaban J connectivity index is 1.85. The summed E-state index contributed by atoms with van der Waals surface area (Å²) in [5.41, 5.74) is 0.990. The number of nitrogens with one attached hydrogen (secondary N) is 1. The fourth-order valence-corrected chi connectivity index (χ4v) is 3.84. The molecule has 0 spiro atoms. The van der Waals surface area contributed by atoms with Crippen LogP contribution in [0.3, 0.4) is 0 Å². The van der Waals surface area contributed by atoms with Crippen LogP contribution in [0.15, 0.2) is 41.9 Å². The van der Waals surface area contributed by atoms with Gasteiger partial charge >= 0.3 is 0 Å². The molecule has 0 aliphatic heterocycles. The summed E-state index contributed by atoms with van der Waals surface area (Å²) in [4.78, 5) is 1.34. The number of aromatic nitrogens is 3. The zero-order valence-corrected chi connectivity index (χ0v) is 14.6. The molecule has 0 radical (unpaired) electrons. The Kier molecular flexibility index (Phi) is 4.16. The van der Waals surface area contributed by atoms with Crippen molar-refractivity contribution in [2.45, 2.75) is 33.5 Å². The van der Waals surface area contributed by atoms with Gasteiger partial charge in [0.15, 0.2) is 5.65 Å². The largest absolute Gasteiger partial charge is 0.290 e. The molecule has 0 aliphatic rings. The van der Waals surface area contributed by atoms with Crippen LogP contribution in [-0.4, -0.2) is 14.2 Å². The summed E-state index contributed by atoms with van der Waals surface area (Å²) in [7, 11) is 0. The molecule has 0 aromatic carbocycles. The molecule has 4 nitrogen and oxygen atoms in total. The number of fused-ring (bicyclic) bond motifs is 1. The van der Waals surface area contributed by atoms with E-state index in [4.69, 9.17) is 12.2 Å². The van der Waals surface area contributed by atoms with Crippen LogP contribution in [0, 0.1) is 10.2 Å². The maximum Gasteiger partial charge on any atom is 0.203 e. The van der Waals surface area contributed by atoms with Gasteiger partial charge in [-0.15, -0.1) is 11.3 Å². The second kappa shape index (κ2) is 5.95. The van der Waals surface area contributed by atoms with Gasteiger partial charge in [0.05, 0.1) is 6.67 Å². The predicted molar refractivity (Wildman–Crippen MR) is 93.7 cm³/mol. The molecule has 0 saturated heterocycles. The second-order valence-electron chi connectivity index (χ2n) is 6.39. The minimum Gasteiger partial charge on any atom is -0.290 e. The Morgan fingerprint density at radius 2 is 2.09 bits per heavy atom. The number of hydrogen-bond acceptors (Lipinski definition) is 4. The standard InChI is InChI=1S/C16H20N4S2/c1-16(2,3)14(12-7-6-10-22-12)17-11-20-15(21)19-9-5-4-8-13(19)18-20/h4-10,14,17H,11H2,1-3H3/t14-/m1/s1. The molecule has 3 aromatic heterocycles. The van der Waals surface area contributed by atoms with Crippen molar-refractivity contribution in [3.63, 3.8) is 0 Å². The van der Waals surface area contributed by atoms with Crippen LogP contribution >= 0.6 is 23.6 Å². The van der Waals surface area contributed by atoms with Crippen molar-refractivity contribution >= 4 is 29.2 Å². The Morgan fingerprint density at radius 3 is 2.73 bits per heavy atom. The molecule has 0 amide bonds. The first-order chi connectivity index (χ1) is 10.5. The molecule has 6 heteroatoms. The lowest BCUT2D eigenvalue weighted by molar-refractivity contribution is 0.255. The molecule has 3 rings (SSSR count). The number of pyridine rings is 1. The number of thiophene rings is 1. The van der Waals surface area contributed by atoms with E-state index in [-0.39, 0.29) is 11.5 Å². The molecule has 3 aromatic rings. The average Bonchev–Trinajstić information content (AvgIpc) is 3.08. The number of hydrogen-bond donors (Lipinski definition) is 1. The number of nitrogens with zero attached hydrogens (tertiary/aromatic N) is 3. The van der Waals surface area contributed by atoms with E-state index < -0.39 is 0 Å². The molecule has 0 aliphatic carbocycles. The zero-order chi connectivity index (χ0) is 15.7. The van der Waals surface area contributed by atoms with Gasteiger partial charge in [-0.25, -0.2) is 4.68 Å². The highest BCUT2D eigenvalue weighted by Gasteiger charge is 2.26. The van der Waals surface area contributed by atoms with Gasteiger partial charge in [0.2, 0.25) is 4.77 Å². The first-order valence-corrected chi connectivity index (χ1v) is 8.56. The van der Waals surface area contributed by atoms with Crippen molar-refractivity contribution in [3.8, 4) is 0 Å². The van der Waals surface area contributed by atoms with Gasteiger partial charge in [0, 0.05) is 17.1 Å². The third kappa shape index (κ3) is 2.99. The number of rotatable bonds is 4. The summed E-state index contributed by atoms with van der Waals surface area (Å²) < 4.78 is 4.48. The molecular weight excluding hydrogens is 312 g/mol. The summed E-state index contributed by atoms with van der Waals surface area (Å²) >= 11 is 7.28. The maximum absolute atomic E-state index is 5.50. The van der Waals surface area contributed by atoms with Crippen LogP contribution in [0.2, 0.25) is 0 Å². The molecule has 22 heavy (non-hydrogen) atoms. The minimum atomic E-state index is 0.117. The molecule has 0 saturated carbocycles. The first kappa shape index (κ1) is 15.4. The minimum absolute atomic E-state index is 0.117. The fraction of sp³-hybridized carbons (Fsp3) is 0.375. The molecule has 0 unspecified atom stereocenters. The van der Waals surface area contributed by atoms with E-state index in [1.165, 1.54) is 4.88 Å². The van der Waals surface area contributed by atoms with Crippen molar-refractivity contribution in [1.82, 2.24) is 19.5 Å². The highest BCUT2D eigenvalue weighted by atomic mass is 32.1. The third-order valence-corrected chi connectivity index (χ3v) is 4.97. The lowest BCUT2D eigenvalue weighted by Crippen LogP contribution is -2.33. The van der Waals surface area contributed by atoms with Crippen LogP contribution in [0.5, 0.6) is 0 Å². The van der Waals surface area contributed by atoms with Crippen molar-refractivity contribution in [2.24, 2.45) is 5.41 Å². The predicted octanol–water partition coefficient (Wildman–Crippen LogP) is 4.26. The van der Waals surface area contributed by atoms with Crippen LogP contribution < -0.4 is 5.32 Å². The highest BCUT2D eigenvalue weighted by Crippen LogP contribution is 2.35. The van der Waals surface area contributed by atoms with E-state index in [0.717, 1.165) is 5.65 Å². The monoisotopic (exact) mass is 332 g/mol. The van der Waals surface area contributed by atoms with E-state index >= 15 is 0 Å². The van der Waals surface area contributed by atoms with Gasteiger partial charge in [0.1, 0.15) is 0 Å². The zero-order valence-electron chi connectivity index (χ0n) is 13.0. The summed E-state index contributed by atoms with van der Waals surface area (Å²) in [5.74, 6) is 0. The smallest absolute Gasteiger partial charge is 0.203 e. The van der Waals surface area contributed by atoms with Gasteiger partial charge in [-0.1, -0.05) is 32.9 Å². The summed E-state index contributed by atoms with van der Waals surface area (Å²) in [6, 6.07) is 10.4. The molecular formula is C16H20N4S2. The molecule has 0 fully saturated rings. The van der Waals surface area contributed by atoms with Gasteiger partial charge < -0.3 is 0 Å². The van der Waals surface area contributed by atoms with Crippen molar-refractivity contribution in [2.75, 3.05) is 0 Å². The van der Waals surface area contributed by atoms with Crippen molar-refractivity contribution in [3.05, 3.63) is 51.6 Å². The first-order valence-electron chi connectivity index (χ1n) is 7.28. The van der Waals surface area contributed by atoms with Gasteiger partial charge in [-0.2, -0.15) is 5.10 Å². The quantitative estimate of drug-likeness (QED) is 0.725. The fourth-order valence-electron chi connectivity index (χ4n) is 2.54. The van der Waals surface area contributed by atoms with E-state index in [2.05, 4.69) is 48.7 Å². The molecule has 3 heterocycles. The highest BCUT2D eigenvalue weighted by molar-refractivity contribution is 7.71. The third-order valence-electron chi connectivity index (χ3n) is 3.63. The van der Waals surface area contributed by atoms with E-state index in [1.807, 2.05) is 33.5 Å². The Morgan fingerprint density at radius 1 is 1.27 bits per heavy atom. The van der Waals surface area contributed by atoms with Crippen LogP contribution in [0.4, 0.5) is 0 Å². The summed E-state index contributed by atoms with van der Waals surface area (Å²) in [5, 5.41) is 10.3. The van der Waals surface area contributed by atoms with Crippen molar-refractivity contribution in [1.29, 1.82) is 0 Å². The lowest BCUT2D eigenvalue weighted by atomic mass is 9.86. The summed E-state index contributed by atoms with van der Waals surface area (Å²) in [6.45, 7) is 7.33. The van der Waals surface area contributed by atoms with Gasteiger partial charge in [0.25, 0.3) is 0 Å². The van der Waals surface area contributed by atoms with Crippen LogP contribution in [-0.2, 0) is 6.67 Å². The maximum atomic E-state index is 5.50. The van der Waals surface area contributed by atoms with Gasteiger partial charge in [-0.05, 0) is 41.2 Å². The Labute approximate surface area is 139 Å². The van der Waals surface area contributed by atoms with E-state index in [1.54, 1.807) is 11.3 Å². The molecule has 1 N–H and O–H groups in total. The topological polar surface area (TPSA) is 34.3 Å². The van der Waals surface area contributed by atoms with Crippen LogP contribution in [0.1, 0.15) is 31.7 Å².